The molecule has 0 radical (unpaired) electrons. The maximum Gasteiger partial charge on any atom is 0.0250 e. The Kier molecular flexibility index (Phi) is 3.31. The lowest BCUT2D eigenvalue weighted by Gasteiger charge is -2.29. The first-order valence-corrected chi connectivity index (χ1v) is 8.42. The van der Waals surface area contributed by atoms with Crippen molar-refractivity contribution >= 4 is 0 Å². The van der Waals surface area contributed by atoms with Crippen LogP contribution >= 0.6 is 0 Å². The molecule has 20 heavy (non-hydrogen) atoms. The Bertz CT molecular complexity index is 474. The molecule has 3 N–H and O–H groups in total. The van der Waals surface area contributed by atoms with Crippen LogP contribution in [0.2, 0.25) is 0 Å². The zero-order valence-electron chi connectivity index (χ0n) is 12.2. The summed E-state index contributed by atoms with van der Waals surface area (Å²) in [5, 5.41) is 0. The van der Waals surface area contributed by atoms with Crippen molar-refractivity contribution in [1.29, 1.82) is 0 Å². The summed E-state index contributed by atoms with van der Waals surface area (Å²) in [6.45, 7) is 0. The smallest absolute Gasteiger partial charge is 0.0250 e. The molecule has 4 atom stereocenters. The standard InChI is InChI=1S/C18H26N2/c19-20-17(18-15-9-4-10-16(15)18)11-13-7-3-6-12-5-1-2-8-14(12)13/h1-2,5,8,13,15-18,20H,3-4,6-7,9-11,19H2. The normalized spacial score (nSPS) is 36.2. The molecule has 0 aliphatic heterocycles. The molecule has 3 aliphatic carbocycles. The second kappa shape index (κ2) is 5.16. The molecule has 0 heterocycles. The SMILES string of the molecule is NNC(CC1CCCc2ccccc21)C1C2CCCC21. The number of nitrogens with one attached hydrogen (secondary N) is 1. The molecule has 2 nitrogen and oxygen atoms in total. The first-order chi connectivity index (χ1) is 9.88. The fourth-order valence-corrected chi connectivity index (χ4v) is 5.22. The van der Waals surface area contributed by atoms with Crippen molar-refractivity contribution in [3.8, 4) is 0 Å². The van der Waals surface area contributed by atoms with Gasteiger partial charge in [0.05, 0.1) is 0 Å². The van der Waals surface area contributed by atoms with Crippen LogP contribution in [0.25, 0.3) is 0 Å². The van der Waals surface area contributed by atoms with Gasteiger partial charge in [-0.3, -0.25) is 11.3 Å². The minimum Gasteiger partial charge on any atom is -0.271 e. The van der Waals surface area contributed by atoms with Gasteiger partial charge in [0.2, 0.25) is 0 Å². The molecule has 0 bridgehead atoms. The Labute approximate surface area is 122 Å². The van der Waals surface area contributed by atoms with Gasteiger partial charge in [-0.25, -0.2) is 0 Å². The fourth-order valence-electron chi connectivity index (χ4n) is 5.22. The third kappa shape index (κ3) is 2.10. The van der Waals surface area contributed by atoms with E-state index >= 15 is 0 Å². The molecule has 4 rings (SSSR count). The molecule has 4 unspecified atom stereocenters. The number of nitrogens with two attached hydrogens (primary N) is 1. The number of hydrogen-bond donors (Lipinski definition) is 2. The van der Waals surface area contributed by atoms with E-state index in [0.29, 0.717) is 6.04 Å². The Morgan fingerprint density at radius 3 is 2.70 bits per heavy atom. The predicted octanol–water partition coefficient (Wildman–Crippen LogP) is 3.37. The van der Waals surface area contributed by atoms with Crippen LogP contribution < -0.4 is 11.3 Å². The number of hydrazine groups is 1. The van der Waals surface area contributed by atoms with Gasteiger partial charge in [0.15, 0.2) is 0 Å². The van der Waals surface area contributed by atoms with Crippen molar-refractivity contribution in [2.45, 2.75) is 56.9 Å². The Morgan fingerprint density at radius 1 is 1.10 bits per heavy atom. The molecule has 1 aromatic rings. The first-order valence-electron chi connectivity index (χ1n) is 8.42. The molecule has 2 saturated carbocycles. The van der Waals surface area contributed by atoms with E-state index in [9.17, 15) is 0 Å². The summed E-state index contributed by atoms with van der Waals surface area (Å²) < 4.78 is 0. The molecule has 0 amide bonds. The molecule has 108 valence electrons. The Balaban J connectivity index is 1.48. The lowest BCUT2D eigenvalue weighted by atomic mass is 9.78. The second-order valence-electron chi connectivity index (χ2n) is 7.13. The van der Waals surface area contributed by atoms with Gasteiger partial charge in [-0.1, -0.05) is 30.7 Å². The third-order valence-corrected chi connectivity index (χ3v) is 6.18. The van der Waals surface area contributed by atoms with E-state index in [0.717, 1.165) is 23.7 Å². The van der Waals surface area contributed by atoms with Gasteiger partial charge >= 0.3 is 0 Å². The Morgan fingerprint density at radius 2 is 1.90 bits per heavy atom. The summed E-state index contributed by atoms with van der Waals surface area (Å²) in [6, 6.07) is 9.60. The van der Waals surface area contributed by atoms with Crippen molar-refractivity contribution in [3.05, 3.63) is 35.4 Å². The van der Waals surface area contributed by atoms with E-state index in [4.69, 9.17) is 5.84 Å². The maximum atomic E-state index is 5.90. The van der Waals surface area contributed by atoms with Crippen molar-refractivity contribution < 1.29 is 0 Å². The van der Waals surface area contributed by atoms with Gasteiger partial charge in [-0.2, -0.15) is 0 Å². The molecule has 0 spiro atoms. The topological polar surface area (TPSA) is 38.0 Å². The van der Waals surface area contributed by atoms with E-state index in [1.54, 1.807) is 11.1 Å². The van der Waals surface area contributed by atoms with Gasteiger partial charge in [0, 0.05) is 6.04 Å². The van der Waals surface area contributed by atoms with Crippen molar-refractivity contribution in [1.82, 2.24) is 5.43 Å². The van der Waals surface area contributed by atoms with E-state index in [1.165, 1.54) is 44.9 Å². The fraction of sp³-hybridized carbons (Fsp3) is 0.667. The molecule has 2 fully saturated rings. The van der Waals surface area contributed by atoms with Gasteiger partial charge in [-0.15, -0.1) is 0 Å². The van der Waals surface area contributed by atoms with E-state index < -0.39 is 0 Å². The van der Waals surface area contributed by atoms with Gasteiger partial charge in [0.25, 0.3) is 0 Å². The number of benzene rings is 1. The number of fused-ring (bicyclic) bond motifs is 2. The van der Waals surface area contributed by atoms with Crippen molar-refractivity contribution in [3.63, 3.8) is 0 Å². The lowest BCUT2D eigenvalue weighted by Crippen LogP contribution is -2.39. The third-order valence-electron chi connectivity index (χ3n) is 6.18. The van der Waals surface area contributed by atoms with Crippen LogP contribution in [0.5, 0.6) is 0 Å². The van der Waals surface area contributed by atoms with Crippen LogP contribution in [0.1, 0.15) is 55.6 Å². The number of rotatable bonds is 4. The lowest BCUT2D eigenvalue weighted by molar-refractivity contribution is 0.351. The van der Waals surface area contributed by atoms with Crippen LogP contribution in [0.4, 0.5) is 0 Å². The molecular formula is C18H26N2. The van der Waals surface area contributed by atoms with Crippen LogP contribution in [0.3, 0.4) is 0 Å². The molecule has 3 aliphatic rings. The maximum absolute atomic E-state index is 5.90. The highest BCUT2D eigenvalue weighted by Crippen LogP contribution is 2.60. The monoisotopic (exact) mass is 270 g/mol. The highest BCUT2D eigenvalue weighted by molar-refractivity contribution is 5.32. The second-order valence-corrected chi connectivity index (χ2v) is 7.13. The van der Waals surface area contributed by atoms with Gasteiger partial charge < -0.3 is 0 Å². The molecule has 1 aromatic carbocycles. The highest BCUT2D eigenvalue weighted by atomic mass is 15.2. The first kappa shape index (κ1) is 12.8. The predicted molar refractivity (Wildman–Crippen MR) is 82.2 cm³/mol. The van der Waals surface area contributed by atoms with Gasteiger partial charge in [0.1, 0.15) is 0 Å². The largest absolute Gasteiger partial charge is 0.271 e. The molecular weight excluding hydrogens is 244 g/mol. The summed E-state index contributed by atoms with van der Waals surface area (Å²) in [6.07, 6.45) is 9.56. The zero-order chi connectivity index (χ0) is 13.5. The molecule has 0 aromatic heterocycles. The summed E-state index contributed by atoms with van der Waals surface area (Å²) in [5.41, 5.74) is 6.35. The summed E-state index contributed by atoms with van der Waals surface area (Å²) in [4.78, 5) is 0. The van der Waals surface area contributed by atoms with Crippen LogP contribution in [-0.2, 0) is 6.42 Å². The van der Waals surface area contributed by atoms with Crippen LogP contribution in [-0.4, -0.2) is 6.04 Å². The van der Waals surface area contributed by atoms with Crippen molar-refractivity contribution in [2.75, 3.05) is 0 Å². The number of hydrogen-bond acceptors (Lipinski definition) is 2. The highest BCUT2D eigenvalue weighted by Gasteiger charge is 2.55. The average molecular weight is 270 g/mol. The molecule has 0 saturated heterocycles. The van der Waals surface area contributed by atoms with E-state index in [1.807, 2.05) is 0 Å². The minimum atomic E-state index is 0.543. The minimum absolute atomic E-state index is 0.543. The van der Waals surface area contributed by atoms with Crippen LogP contribution in [0, 0.1) is 17.8 Å². The van der Waals surface area contributed by atoms with Crippen molar-refractivity contribution in [2.24, 2.45) is 23.6 Å². The summed E-state index contributed by atoms with van der Waals surface area (Å²) in [5.74, 6) is 9.50. The molecule has 2 heteroatoms. The summed E-state index contributed by atoms with van der Waals surface area (Å²) >= 11 is 0. The Hall–Kier alpha value is -0.860. The van der Waals surface area contributed by atoms with E-state index in [-0.39, 0.29) is 0 Å². The van der Waals surface area contributed by atoms with Gasteiger partial charge in [-0.05, 0) is 73.3 Å². The van der Waals surface area contributed by atoms with E-state index in [2.05, 4.69) is 29.7 Å². The zero-order valence-corrected chi connectivity index (χ0v) is 12.2. The van der Waals surface area contributed by atoms with Crippen LogP contribution in [0.15, 0.2) is 24.3 Å². The number of aryl methyl sites for hydroxylation is 1. The quantitative estimate of drug-likeness (QED) is 0.650. The summed E-state index contributed by atoms with van der Waals surface area (Å²) in [7, 11) is 0. The average Bonchev–Trinajstić information content (AvgIpc) is 2.96.